The number of anilines is 2. The van der Waals surface area contributed by atoms with Crippen LogP contribution in [0.5, 0.6) is 0 Å². The minimum absolute atomic E-state index is 0.678. The van der Waals surface area contributed by atoms with Gasteiger partial charge in [-0.25, -0.2) is 4.98 Å². The van der Waals surface area contributed by atoms with E-state index in [9.17, 15) is 0 Å². The molecule has 0 bridgehead atoms. The number of hydrogen-bond donors (Lipinski definition) is 2. The quantitative estimate of drug-likeness (QED) is 0.722. The number of hydrogen-bond acceptors (Lipinski definition) is 5. The van der Waals surface area contributed by atoms with Gasteiger partial charge in [-0.3, -0.25) is 4.98 Å². The Kier molecular flexibility index (Phi) is 5.76. The molecule has 0 unspecified atom stereocenters. The van der Waals surface area contributed by atoms with Crippen molar-refractivity contribution in [3.8, 4) is 0 Å². The Morgan fingerprint density at radius 1 is 1.10 bits per heavy atom. The van der Waals surface area contributed by atoms with E-state index in [1.165, 1.54) is 12.8 Å². The molecule has 0 aliphatic rings. The lowest BCUT2D eigenvalue weighted by Crippen LogP contribution is -2.07. The third-order valence-electron chi connectivity index (χ3n) is 2.92. The van der Waals surface area contributed by atoms with E-state index in [0.717, 1.165) is 24.3 Å². The molecule has 0 atom stereocenters. The van der Waals surface area contributed by atoms with Crippen molar-refractivity contribution in [2.24, 2.45) is 0 Å². The molecule has 0 aliphatic heterocycles. The standard InChI is InChI=1S/C15H21N5/c1-2-3-4-9-17-15-18-10-7-14(20-15)19-12-13-6-5-8-16-11-13/h5-8,10-11H,2-4,9,12H2,1H3,(H2,17,18,19,20). The lowest BCUT2D eigenvalue weighted by molar-refractivity contribution is 0.740. The number of rotatable bonds is 8. The summed E-state index contributed by atoms with van der Waals surface area (Å²) in [7, 11) is 0. The van der Waals surface area contributed by atoms with E-state index in [2.05, 4.69) is 32.5 Å². The van der Waals surface area contributed by atoms with Crippen LogP contribution in [0, 0.1) is 0 Å². The lowest BCUT2D eigenvalue weighted by Gasteiger charge is -2.08. The van der Waals surface area contributed by atoms with Crippen LogP contribution in [0.2, 0.25) is 0 Å². The van der Waals surface area contributed by atoms with Gasteiger partial charge in [0.2, 0.25) is 5.95 Å². The molecular formula is C15H21N5. The molecule has 0 saturated heterocycles. The van der Waals surface area contributed by atoms with Crippen molar-refractivity contribution < 1.29 is 0 Å². The fourth-order valence-corrected chi connectivity index (χ4v) is 1.81. The van der Waals surface area contributed by atoms with Crippen LogP contribution in [0.25, 0.3) is 0 Å². The van der Waals surface area contributed by atoms with Crippen molar-refractivity contribution >= 4 is 11.8 Å². The summed E-state index contributed by atoms with van der Waals surface area (Å²) in [6, 6.07) is 5.83. The number of nitrogens with one attached hydrogen (secondary N) is 2. The van der Waals surface area contributed by atoms with Crippen LogP contribution in [0.3, 0.4) is 0 Å². The molecule has 106 valence electrons. The van der Waals surface area contributed by atoms with Crippen LogP contribution in [0.15, 0.2) is 36.8 Å². The number of aromatic nitrogens is 3. The average molecular weight is 271 g/mol. The molecule has 0 amide bonds. The van der Waals surface area contributed by atoms with Crippen molar-refractivity contribution in [3.05, 3.63) is 42.4 Å². The zero-order chi connectivity index (χ0) is 14.0. The molecule has 0 fully saturated rings. The molecule has 0 aromatic carbocycles. The number of nitrogens with zero attached hydrogens (tertiary/aromatic N) is 3. The van der Waals surface area contributed by atoms with E-state index in [-0.39, 0.29) is 0 Å². The molecule has 2 N–H and O–H groups in total. The Labute approximate surface area is 119 Å². The first-order valence-corrected chi connectivity index (χ1v) is 7.08. The van der Waals surface area contributed by atoms with Crippen molar-refractivity contribution in [1.29, 1.82) is 0 Å². The molecular weight excluding hydrogens is 250 g/mol. The fraction of sp³-hybridized carbons (Fsp3) is 0.400. The van der Waals surface area contributed by atoms with E-state index in [4.69, 9.17) is 0 Å². The predicted octanol–water partition coefficient (Wildman–Crippen LogP) is 3.09. The first-order chi connectivity index (χ1) is 9.88. The minimum Gasteiger partial charge on any atom is -0.366 e. The highest BCUT2D eigenvalue weighted by Gasteiger charge is 1.99. The molecule has 0 spiro atoms. The Morgan fingerprint density at radius 2 is 2.05 bits per heavy atom. The summed E-state index contributed by atoms with van der Waals surface area (Å²) in [5.74, 6) is 1.50. The highest BCUT2D eigenvalue weighted by molar-refractivity contribution is 5.40. The second kappa shape index (κ2) is 8.09. The fourth-order valence-electron chi connectivity index (χ4n) is 1.81. The average Bonchev–Trinajstić information content (AvgIpc) is 2.51. The van der Waals surface area contributed by atoms with Gasteiger partial charge in [0.15, 0.2) is 0 Å². The minimum atomic E-state index is 0.678. The summed E-state index contributed by atoms with van der Waals surface area (Å²) < 4.78 is 0. The maximum absolute atomic E-state index is 4.43. The Bertz CT molecular complexity index is 501. The van der Waals surface area contributed by atoms with Crippen LogP contribution >= 0.6 is 0 Å². The van der Waals surface area contributed by atoms with E-state index in [1.807, 2.05) is 24.4 Å². The molecule has 20 heavy (non-hydrogen) atoms. The monoisotopic (exact) mass is 271 g/mol. The van der Waals surface area contributed by atoms with Crippen LogP contribution in [-0.4, -0.2) is 21.5 Å². The van der Waals surface area contributed by atoms with Gasteiger partial charge in [-0.15, -0.1) is 0 Å². The maximum atomic E-state index is 4.43. The van der Waals surface area contributed by atoms with Crippen molar-refractivity contribution in [3.63, 3.8) is 0 Å². The van der Waals surface area contributed by atoms with E-state index >= 15 is 0 Å². The molecule has 5 heteroatoms. The third-order valence-corrected chi connectivity index (χ3v) is 2.92. The first kappa shape index (κ1) is 14.2. The summed E-state index contributed by atoms with van der Waals surface area (Å²) in [6.45, 7) is 3.82. The van der Waals surface area contributed by atoms with Gasteiger partial charge < -0.3 is 10.6 Å². The largest absolute Gasteiger partial charge is 0.366 e. The van der Waals surface area contributed by atoms with Gasteiger partial charge in [-0.2, -0.15) is 4.98 Å². The Morgan fingerprint density at radius 3 is 2.85 bits per heavy atom. The first-order valence-electron chi connectivity index (χ1n) is 7.08. The number of pyridine rings is 1. The predicted molar refractivity (Wildman–Crippen MR) is 81.6 cm³/mol. The highest BCUT2D eigenvalue weighted by atomic mass is 15.1. The summed E-state index contributed by atoms with van der Waals surface area (Å²) in [4.78, 5) is 12.7. The molecule has 0 saturated carbocycles. The van der Waals surface area contributed by atoms with Gasteiger partial charge in [-0.1, -0.05) is 25.8 Å². The van der Waals surface area contributed by atoms with Crippen molar-refractivity contribution in [2.75, 3.05) is 17.2 Å². The second-order valence-corrected chi connectivity index (χ2v) is 4.61. The molecule has 0 radical (unpaired) electrons. The van der Waals surface area contributed by atoms with Crippen LogP contribution in [-0.2, 0) is 6.54 Å². The normalized spacial score (nSPS) is 10.2. The lowest BCUT2D eigenvalue weighted by atomic mass is 10.2. The van der Waals surface area contributed by atoms with E-state index in [0.29, 0.717) is 12.5 Å². The SMILES string of the molecule is CCCCCNc1nccc(NCc2cccnc2)n1. The zero-order valence-corrected chi connectivity index (χ0v) is 11.8. The van der Waals surface area contributed by atoms with Gasteiger partial charge in [-0.05, 0) is 24.1 Å². The van der Waals surface area contributed by atoms with Crippen LogP contribution in [0.4, 0.5) is 11.8 Å². The summed E-state index contributed by atoms with van der Waals surface area (Å²) in [6.07, 6.45) is 8.97. The zero-order valence-electron chi connectivity index (χ0n) is 11.8. The third kappa shape index (κ3) is 4.84. The smallest absolute Gasteiger partial charge is 0.224 e. The van der Waals surface area contributed by atoms with Crippen molar-refractivity contribution in [1.82, 2.24) is 15.0 Å². The molecule has 2 rings (SSSR count). The van der Waals surface area contributed by atoms with Gasteiger partial charge >= 0.3 is 0 Å². The molecule has 2 heterocycles. The molecule has 2 aromatic heterocycles. The summed E-state index contributed by atoms with van der Waals surface area (Å²) in [5.41, 5.74) is 1.13. The van der Waals surface area contributed by atoms with Crippen molar-refractivity contribution in [2.45, 2.75) is 32.7 Å². The van der Waals surface area contributed by atoms with E-state index in [1.54, 1.807) is 12.4 Å². The molecule has 0 aliphatic carbocycles. The van der Waals surface area contributed by atoms with Crippen LogP contribution in [0.1, 0.15) is 31.7 Å². The topological polar surface area (TPSA) is 62.7 Å². The van der Waals surface area contributed by atoms with Gasteiger partial charge in [0.05, 0.1) is 0 Å². The summed E-state index contributed by atoms with van der Waals surface area (Å²) >= 11 is 0. The maximum Gasteiger partial charge on any atom is 0.224 e. The highest BCUT2D eigenvalue weighted by Crippen LogP contribution is 2.08. The van der Waals surface area contributed by atoms with Gasteiger partial charge in [0.1, 0.15) is 5.82 Å². The number of unbranched alkanes of at least 4 members (excludes halogenated alkanes) is 2. The van der Waals surface area contributed by atoms with Gasteiger partial charge in [0.25, 0.3) is 0 Å². The van der Waals surface area contributed by atoms with Crippen LogP contribution < -0.4 is 10.6 Å². The molecule has 2 aromatic rings. The Balaban J connectivity index is 1.83. The summed E-state index contributed by atoms with van der Waals surface area (Å²) in [5, 5.41) is 6.52. The van der Waals surface area contributed by atoms with E-state index < -0.39 is 0 Å². The van der Waals surface area contributed by atoms with Gasteiger partial charge in [0, 0.05) is 31.7 Å². The molecule has 5 nitrogen and oxygen atoms in total. The second-order valence-electron chi connectivity index (χ2n) is 4.61. The Hall–Kier alpha value is -2.17.